The smallest absolute Gasteiger partial charge is 0.328 e. The van der Waals surface area contributed by atoms with Gasteiger partial charge in [-0.05, 0) is 29.3 Å². The summed E-state index contributed by atoms with van der Waals surface area (Å²) in [5, 5.41) is 9.03. The Morgan fingerprint density at radius 1 is 1.47 bits per heavy atom. The van der Waals surface area contributed by atoms with E-state index in [1.165, 1.54) is 13.2 Å². The van der Waals surface area contributed by atoms with Gasteiger partial charge in [0.25, 0.3) is 0 Å². The molecule has 5 heteroatoms. The number of benzene rings is 1. The van der Waals surface area contributed by atoms with Gasteiger partial charge in [-0.2, -0.15) is 0 Å². The molecule has 0 unspecified atom stereocenters. The van der Waals surface area contributed by atoms with Crippen LogP contribution in [0.5, 0.6) is 0 Å². The molecule has 90 valence electrons. The average molecular weight is 255 g/mol. The summed E-state index contributed by atoms with van der Waals surface area (Å²) >= 11 is 5.81. The fourth-order valence-electron chi connectivity index (χ4n) is 1.28. The molecule has 4 nitrogen and oxygen atoms in total. The van der Waals surface area contributed by atoms with E-state index in [0.717, 1.165) is 6.08 Å². The number of carboxylic acids is 1. The molecule has 0 spiro atoms. The first-order valence-corrected chi connectivity index (χ1v) is 5.17. The molecule has 0 saturated heterocycles. The van der Waals surface area contributed by atoms with Gasteiger partial charge in [0.15, 0.2) is 0 Å². The van der Waals surface area contributed by atoms with E-state index in [1.807, 2.05) is 0 Å². The molecule has 0 bridgehead atoms. The van der Waals surface area contributed by atoms with Gasteiger partial charge in [-0.3, -0.25) is 4.79 Å². The Labute approximate surface area is 103 Å². The summed E-state index contributed by atoms with van der Waals surface area (Å²) in [6, 6.07) is 4.89. The fraction of sp³-hybridized carbons (Fsp3) is 0.167. The number of hydrogen-bond acceptors (Lipinski definition) is 3. The highest BCUT2D eigenvalue weighted by Crippen LogP contribution is 2.18. The monoisotopic (exact) mass is 254 g/mol. The lowest BCUT2D eigenvalue weighted by molar-refractivity contribution is -0.139. The Morgan fingerprint density at radius 3 is 2.76 bits per heavy atom. The van der Waals surface area contributed by atoms with E-state index in [-0.39, 0.29) is 6.42 Å². The Hall–Kier alpha value is -1.81. The first-order chi connectivity index (χ1) is 8.02. The second-order valence-electron chi connectivity index (χ2n) is 3.27. The van der Waals surface area contributed by atoms with Crippen LogP contribution in [-0.4, -0.2) is 24.2 Å². The maximum Gasteiger partial charge on any atom is 0.328 e. The van der Waals surface area contributed by atoms with Crippen molar-refractivity contribution in [3.05, 3.63) is 40.4 Å². The van der Waals surface area contributed by atoms with Crippen molar-refractivity contribution in [1.82, 2.24) is 0 Å². The van der Waals surface area contributed by atoms with E-state index in [9.17, 15) is 9.59 Å². The van der Waals surface area contributed by atoms with E-state index in [4.69, 9.17) is 16.7 Å². The van der Waals surface area contributed by atoms with Crippen LogP contribution in [-0.2, 0) is 20.7 Å². The summed E-state index contributed by atoms with van der Waals surface area (Å²) in [6.07, 6.45) is 2.47. The zero-order valence-corrected chi connectivity index (χ0v) is 9.90. The summed E-state index contributed by atoms with van der Waals surface area (Å²) in [7, 11) is 1.29. The SMILES string of the molecule is COC(=O)Cc1cc(Cl)ccc1C=CC(=O)O. The Morgan fingerprint density at radius 2 is 2.18 bits per heavy atom. The molecule has 0 radical (unpaired) electrons. The number of hydrogen-bond donors (Lipinski definition) is 1. The average Bonchev–Trinajstić information content (AvgIpc) is 2.27. The molecular formula is C12H11ClO4. The number of carboxylic acid groups (broad SMARTS) is 1. The summed E-state index contributed by atoms with van der Waals surface area (Å²) in [4.78, 5) is 21.6. The molecule has 0 amide bonds. The van der Waals surface area contributed by atoms with Crippen LogP contribution < -0.4 is 0 Å². The van der Waals surface area contributed by atoms with Crippen LogP contribution in [0.4, 0.5) is 0 Å². The van der Waals surface area contributed by atoms with Crippen LogP contribution in [0.1, 0.15) is 11.1 Å². The normalized spacial score (nSPS) is 10.5. The van der Waals surface area contributed by atoms with Crippen LogP contribution in [0.2, 0.25) is 5.02 Å². The van der Waals surface area contributed by atoms with Crippen molar-refractivity contribution >= 4 is 29.6 Å². The third-order valence-electron chi connectivity index (χ3n) is 2.07. The van der Waals surface area contributed by atoms with Crippen molar-refractivity contribution < 1.29 is 19.4 Å². The van der Waals surface area contributed by atoms with Gasteiger partial charge in [-0.1, -0.05) is 17.7 Å². The molecule has 0 heterocycles. The number of methoxy groups -OCH3 is 1. The molecule has 1 rings (SSSR count). The minimum absolute atomic E-state index is 0.0519. The van der Waals surface area contributed by atoms with Crippen LogP contribution in [0.15, 0.2) is 24.3 Å². The standard InChI is InChI=1S/C12H11ClO4/c1-17-12(16)7-9-6-10(13)4-2-8(9)3-5-11(14)15/h2-6H,7H2,1H3,(H,14,15). The third-order valence-corrected chi connectivity index (χ3v) is 2.31. The lowest BCUT2D eigenvalue weighted by Crippen LogP contribution is -2.05. The van der Waals surface area contributed by atoms with Gasteiger partial charge in [0.05, 0.1) is 13.5 Å². The molecule has 0 aromatic heterocycles. The molecule has 1 aromatic rings. The number of aliphatic carboxylic acids is 1. The largest absolute Gasteiger partial charge is 0.478 e. The van der Waals surface area contributed by atoms with Crippen LogP contribution in [0.25, 0.3) is 6.08 Å². The predicted molar refractivity (Wildman–Crippen MR) is 63.8 cm³/mol. The molecular weight excluding hydrogens is 244 g/mol. The van der Waals surface area contributed by atoms with Gasteiger partial charge in [0.2, 0.25) is 0 Å². The number of carbonyl (C=O) groups is 2. The highest BCUT2D eigenvalue weighted by molar-refractivity contribution is 6.30. The first kappa shape index (κ1) is 13.3. The maximum absolute atomic E-state index is 11.2. The summed E-state index contributed by atoms with van der Waals surface area (Å²) < 4.78 is 4.55. The van der Waals surface area contributed by atoms with Crippen LogP contribution >= 0.6 is 11.6 Å². The van der Waals surface area contributed by atoms with E-state index >= 15 is 0 Å². The van der Waals surface area contributed by atoms with Crippen LogP contribution in [0.3, 0.4) is 0 Å². The zero-order chi connectivity index (χ0) is 12.8. The second-order valence-corrected chi connectivity index (χ2v) is 3.70. The summed E-state index contributed by atoms with van der Waals surface area (Å²) in [6.45, 7) is 0. The van der Waals surface area contributed by atoms with Gasteiger partial charge < -0.3 is 9.84 Å². The lowest BCUT2D eigenvalue weighted by atomic mass is 10.0. The van der Waals surface area contributed by atoms with Crippen molar-refractivity contribution in [2.45, 2.75) is 6.42 Å². The minimum Gasteiger partial charge on any atom is -0.478 e. The third kappa shape index (κ3) is 4.28. The molecule has 0 aliphatic carbocycles. The summed E-state index contributed by atoms with van der Waals surface area (Å²) in [5.41, 5.74) is 1.25. The van der Waals surface area contributed by atoms with Crippen LogP contribution in [0, 0.1) is 0 Å². The van der Waals surface area contributed by atoms with Crippen molar-refractivity contribution in [3.63, 3.8) is 0 Å². The topological polar surface area (TPSA) is 63.6 Å². The number of carbonyl (C=O) groups excluding carboxylic acids is 1. The van der Waals surface area contributed by atoms with Crippen molar-refractivity contribution in [2.75, 3.05) is 7.11 Å². The van der Waals surface area contributed by atoms with Gasteiger partial charge in [0, 0.05) is 11.1 Å². The molecule has 0 atom stereocenters. The van der Waals surface area contributed by atoms with Crippen molar-refractivity contribution in [1.29, 1.82) is 0 Å². The summed E-state index contributed by atoms with van der Waals surface area (Å²) in [5.74, 6) is -1.46. The van der Waals surface area contributed by atoms with E-state index in [1.54, 1.807) is 18.2 Å². The Bertz CT molecular complexity index is 466. The van der Waals surface area contributed by atoms with Gasteiger partial charge in [0.1, 0.15) is 0 Å². The molecule has 0 fully saturated rings. The first-order valence-electron chi connectivity index (χ1n) is 4.79. The van der Waals surface area contributed by atoms with E-state index in [0.29, 0.717) is 16.1 Å². The molecule has 0 saturated carbocycles. The predicted octanol–water partition coefficient (Wildman–Crippen LogP) is 2.15. The fourth-order valence-corrected chi connectivity index (χ4v) is 1.47. The Balaban J connectivity index is 3.03. The molecule has 1 N–H and O–H groups in total. The molecule has 0 aliphatic heterocycles. The zero-order valence-electron chi connectivity index (χ0n) is 9.14. The number of ether oxygens (including phenoxy) is 1. The van der Waals surface area contributed by atoms with Gasteiger partial charge >= 0.3 is 11.9 Å². The lowest BCUT2D eigenvalue weighted by Gasteiger charge is -2.05. The molecule has 1 aromatic carbocycles. The number of halogens is 1. The highest BCUT2D eigenvalue weighted by atomic mass is 35.5. The van der Waals surface area contributed by atoms with Gasteiger partial charge in [-0.25, -0.2) is 4.79 Å². The molecule has 17 heavy (non-hydrogen) atoms. The number of esters is 1. The second kappa shape index (κ2) is 6.06. The van der Waals surface area contributed by atoms with E-state index < -0.39 is 11.9 Å². The van der Waals surface area contributed by atoms with Gasteiger partial charge in [-0.15, -0.1) is 0 Å². The van der Waals surface area contributed by atoms with Crippen molar-refractivity contribution in [3.8, 4) is 0 Å². The highest BCUT2D eigenvalue weighted by Gasteiger charge is 2.07. The molecule has 0 aliphatic rings. The minimum atomic E-state index is -1.05. The van der Waals surface area contributed by atoms with E-state index in [2.05, 4.69) is 4.74 Å². The Kier molecular flexibility index (Phi) is 4.72. The van der Waals surface area contributed by atoms with Crippen molar-refractivity contribution in [2.24, 2.45) is 0 Å². The maximum atomic E-state index is 11.2. The quantitative estimate of drug-likeness (QED) is 0.661. The number of rotatable bonds is 4.